The summed E-state index contributed by atoms with van der Waals surface area (Å²) in [7, 11) is 5.84. The van der Waals surface area contributed by atoms with Gasteiger partial charge in [-0.2, -0.15) is 0 Å². The van der Waals surface area contributed by atoms with Crippen LogP contribution in [0.1, 0.15) is 79.8 Å². The van der Waals surface area contributed by atoms with E-state index in [2.05, 4.69) is 52.5 Å². The minimum Gasteiger partial charge on any atom is -0.361 e. The number of carbonyl (C=O) groups is 8. The minimum atomic E-state index is -1.29. The van der Waals surface area contributed by atoms with Gasteiger partial charge in [-0.1, -0.05) is 131 Å². The van der Waals surface area contributed by atoms with Crippen molar-refractivity contribution in [2.45, 2.75) is 128 Å². The number of Topliss-reactive ketones (excluding diaryl/α,β-unsaturated/α-hetero) is 2. The monoisotopic (exact) mass is 1170 g/mol. The summed E-state index contributed by atoms with van der Waals surface area (Å²) in [4.78, 5) is 123. The summed E-state index contributed by atoms with van der Waals surface area (Å²) in [5, 5.41) is 25.6. The van der Waals surface area contributed by atoms with E-state index in [-0.39, 0.29) is 49.4 Å². The highest BCUT2D eigenvalue weighted by Crippen LogP contribution is 2.27. The molecule has 0 bridgehead atoms. The number of ketones is 2. The lowest BCUT2D eigenvalue weighted by molar-refractivity contribution is -0.136. The number of benzene rings is 4. The van der Waals surface area contributed by atoms with Crippen molar-refractivity contribution in [2.75, 3.05) is 32.1 Å². The van der Waals surface area contributed by atoms with Crippen molar-refractivity contribution in [3.8, 4) is 0 Å². The third-order valence-electron chi connectivity index (χ3n) is 15.3. The number of nitrogens with one attached hydrogen (secondary N) is 10. The third-order valence-corrected chi connectivity index (χ3v) is 17.7. The second kappa shape index (κ2) is 30.9. The number of amides is 6. The number of rotatable bonds is 21. The van der Waals surface area contributed by atoms with Crippen molar-refractivity contribution in [3.63, 3.8) is 0 Å². The van der Waals surface area contributed by atoms with E-state index >= 15 is 9.59 Å². The smallest absolute Gasteiger partial charge is 0.244 e. The van der Waals surface area contributed by atoms with E-state index in [1.165, 1.54) is 28.5 Å². The van der Waals surface area contributed by atoms with Gasteiger partial charge in [0.2, 0.25) is 35.4 Å². The summed E-state index contributed by atoms with van der Waals surface area (Å²) in [6.45, 7) is 9.51. The Morgan fingerprint density at radius 2 is 1.16 bits per heavy atom. The fourth-order valence-electron chi connectivity index (χ4n) is 10.2. The number of unbranched alkanes of at least 4 members (excludes halogenated alkanes) is 1. The van der Waals surface area contributed by atoms with Gasteiger partial charge in [0.05, 0.1) is 12.1 Å². The molecule has 6 amide bonds. The molecule has 10 N–H and O–H groups in total. The molecule has 8 unspecified atom stereocenters. The Balaban J connectivity index is 1.26. The van der Waals surface area contributed by atoms with Gasteiger partial charge < -0.3 is 52.5 Å². The summed E-state index contributed by atoms with van der Waals surface area (Å²) >= 11 is 0. The van der Waals surface area contributed by atoms with Gasteiger partial charge >= 0.3 is 0 Å². The quantitative estimate of drug-likeness (QED) is 0.0310. The van der Waals surface area contributed by atoms with Gasteiger partial charge in [-0.3, -0.25) is 38.4 Å². The Hall–Kier alpha value is -7.26. The van der Waals surface area contributed by atoms with Gasteiger partial charge in [-0.05, 0) is 114 Å². The first-order chi connectivity index (χ1) is 39.9. The number of likely N-dealkylation sites (N-methyl/N-ethyl adjacent to an activating group) is 1. The van der Waals surface area contributed by atoms with Crippen LogP contribution in [0.5, 0.6) is 0 Å². The molecule has 0 radical (unpaired) electrons. The number of fused-ring (bicyclic) bond motifs is 2. The molecular weight excluding hydrogens is 1090 g/mol. The molecule has 1 fully saturated rings. The molecule has 1 saturated heterocycles. The first-order valence-electron chi connectivity index (χ1n) is 28.5. The third kappa shape index (κ3) is 18.1. The zero-order chi connectivity index (χ0) is 59.6. The molecule has 83 heavy (non-hydrogen) atoms. The Morgan fingerprint density at radius 3 is 1.77 bits per heavy atom. The number of aromatic nitrogens is 2. The van der Waals surface area contributed by atoms with Crippen LogP contribution in [0.4, 0.5) is 0 Å². The second-order valence-electron chi connectivity index (χ2n) is 22.0. The average molecular weight is 1170 g/mol. The molecule has 2 aromatic heterocycles. The number of aryl methyl sites for hydroxylation is 2. The predicted molar refractivity (Wildman–Crippen MR) is 330 cm³/mol. The number of hydrogen-bond donors (Lipinski definition) is 10. The lowest BCUT2D eigenvalue weighted by Gasteiger charge is -2.29. The first-order valence-corrected chi connectivity index (χ1v) is 31.0. The fraction of sp³-hybridized carbons (Fsp3) is 0.429. The van der Waals surface area contributed by atoms with Crippen molar-refractivity contribution < 1.29 is 38.4 Å². The number of carbonyl (C=O) groups excluding carboxylic acids is 8. The van der Waals surface area contributed by atoms with Crippen LogP contribution in [-0.4, -0.2) is 131 Å². The topological polar surface area (TPSA) is 264 Å². The molecule has 442 valence electrons. The highest BCUT2D eigenvalue weighted by atomic mass is 33.1. The second-order valence-corrected chi connectivity index (χ2v) is 24.6. The molecule has 8 atom stereocenters. The van der Waals surface area contributed by atoms with Crippen LogP contribution in [0.15, 0.2) is 109 Å². The maximum atomic E-state index is 15.1. The Bertz CT molecular complexity index is 3200. The van der Waals surface area contributed by atoms with Gasteiger partial charge in [0.1, 0.15) is 36.0 Å². The molecule has 3 heterocycles. The lowest BCUT2D eigenvalue weighted by atomic mass is 9.89. The van der Waals surface area contributed by atoms with Crippen LogP contribution in [0, 0.1) is 25.7 Å². The SMILES string of the molecule is CNCCCCC1NC(=O)C(Cc2c[nH]c3ccccc23)NC(=O)C(Cc2ccc(C)cc2)NC(=O)C(NC(=O)C(Cc2ccc(C)cc2)NC)CSSCC(C(=O)CC(Cc2c[nH]c3ccccc23)C(C)=O)NC(=O)C(C(C)C)NC1=O. The molecule has 1 aliphatic heterocycles. The molecule has 18 nitrogen and oxygen atoms in total. The van der Waals surface area contributed by atoms with Gasteiger partial charge in [0.25, 0.3) is 0 Å². The van der Waals surface area contributed by atoms with E-state index in [0.29, 0.717) is 36.9 Å². The zero-order valence-corrected chi connectivity index (χ0v) is 50.1. The van der Waals surface area contributed by atoms with Crippen LogP contribution in [0.2, 0.25) is 0 Å². The Labute approximate surface area is 493 Å². The molecule has 7 rings (SSSR count). The van der Waals surface area contributed by atoms with Crippen LogP contribution >= 0.6 is 21.6 Å². The molecule has 0 spiro atoms. The fourth-order valence-corrected chi connectivity index (χ4v) is 12.5. The number of hydrogen-bond acceptors (Lipinski definition) is 12. The molecule has 20 heteroatoms. The van der Waals surface area contributed by atoms with E-state index in [1.807, 2.05) is 124 Å². The van der Waals surface area contributed by atoms with E-state index < -0.39 is 95.4 Å². The molecular formula is C63H80N10O8S2. The summed E-state index contributed by atoms with van der Waals surface area (Å²) in [6, 6.07) is 22.4. The zero-order valence-electron chi connectivity index (χ0n) is 48.4. The maximum Gasteiger partial charge on any atom is 0.244 e. The largest absolute Gasteiger partial charge is 0.361 e. The van der Waals surface area contributed by atoms with Gasteiger partial charge in [0, 0.05) is 70.9 Å². The van der Waals surface area contributed by atoms with Crippen molar-refractivity contribution in [1.29, 1.82) is 0 Å². The number of aromatic amines is 2. The summed E-state index contributed by atoms with van der Waals surface area (Å²) in [5.41, 5.74) is 6.91. The van der Waals surface area contributed by atoms with Crippen molar-refractivity contribution in [2.24, 2.45) is 11.8 Å². The van der Waals surface area contributed by atoms with Crippen LogP contribution in [0.3, 0.4) is 0 Å². The lowest BCUT2D eigenvalue weighted by Crippen LogP contribution is -2.61. The molecule has 1 aliphatic rings. The number of H-pyrrole nitrogens is 2. The van der Waals surface area contributed by atoms with Crippen molar-refractivity contribution in [1.82, 2.24) is 52.5 Å². The predicted octanol–water partition coefficient (Wildman–Crippen LogP) is 5.64. The van der Waals surface area contributed by atoms with Crippen LogP contribution < -0.4 is 42.5 Å². The number of para-hydroxylation sites is 2. The van der Waals surface area contributed by atoms with E-state index in [0.717, 1.165) is 44.1 Å². The van der Waals surface area contributed by atoms with Gasteiger partial charge in [-0.25, -0.2) is 0 Å². The summed E-state index contributed by atoms with van der Waals surface area (Å²) in [5.74, 6) is -5.76. The maximum absolute atomic E-state index is 15.1. The highest BCUT2D eigenvalue weighted by Gasteiger charge is 2.36. The summed E-state index contributed by atoms with van der Waals surface area (Å²) < 4.78 is 0. The van der Waals surface area contributed by atoms with Crippen LogP contribution in [-0.2, 0) is 64.0 Å². The average Bonchev–Trinajstić information content (AvgIpc) is 4.09. The van der Waals surface area contributed by atoms with E-state index in [9.17, 15) is 28.8 Å². The van der Waals surface area contributed by atoms with Gasteiger partial charge in [-0.15, -0.1) is 0 Å². The van der Waals surface area contributed by atoms with E-state index in [4.69, 9.17) is 0 Å². The van der Waals surface area contributed by atoms with Crippen molar-refractivity contribution in [3.05, 3.63) is 143 Å². The summed E-state index contributed by atoms with van der Waals surface area (Å²) in [6.07, 6.45) is 5.29. The Morgan fingerprint density at radius 1 is 0.602 bits per heavy atom. The minimum absolute atomic E-state index is 0.00649. The molecule has 4 aromatic carbocycles. The van der Waals surface area contributed by atoms with E-state index in [1.54, 1.807) is 27.1 Å². The van der Waals surface area contributed by atoms with Crippen LogP contribution in [0.25, 0.3) is 21.8 Å². The first kappa shape index (κ1) is 63.3. The normalized spacial score (nSPS) is 20.6. The molecule has 0 saturated carbocycles. The molecule has 0 aliphatic carbocycles. The van der Waals surface area contributed by atoms with Crippen molar-refractivity contribution >= 4 is 90.4 Å². The standard InChI is InChI=1S/C63H80N10O8S2/c1-37(2)57-63(81)71-54(56(75)32-43(40(5)74)30-44-33-66-48-16-10-8-14-46(44)48)35-82-83-36-55(72-59(77)51(65-7)28-41-23-19-38(3)20-24-41)62(80)69-52(29-42-25-21-39(4)22-26-42)60(78)70-53(31-45-34-67-49-17-11-9-15-47(45)49)61(79)68-50(58(76)73-57)18-12-13-27-64-6/h8-11,14-17,19-26,33-34,37,43,50-55,57,64-67H,12-13,18,27-32,35-36H2,1-7H3,(H,68,79)(H,69,80)(H,70,78)(H,71,81)(H,72,77)(H,73,76). The highest BCUT2D eigenvalue weighted by molar-refractivity contribution is 8.76. The molecule has 6 aromatic rings. The van der Waals surface area contributed by atoms with Gasteiger partial charge in [0.15, 0.2) is 5.78 Å². The Kier molecular flexibility index (Phi) is 23.6.